The average Bonchev–Trinajstić information content (AvgIpc) is 2.97. The van der Waals surface area contributed by atoms with Crippen molar-refractivity contribution in [2.75, 3.05) is 26.3 Å². The van der Waals surface area contributed by atoms with Crippen molar-refractivity contribution >= 4 is 11.0 Å². The molecule has 2 aliphatic rings. The molecule has 0 atom stereocenters. The number of likely N-dealkylation sites (tertiary alicyclic amines) is 1. The fourth-order valence-electron chi connectivity index (χ4n) is 4.22. The molecule has 0 amide bonds. The Kier molecular flexibility index (Phi) is 4.56. The van der Waals surface area contributed by atoms with Crippen LogP contribution in [-0.4, -0.2) is 46.8 Å². The summed E-state index contributed by atoms with van der Waals surface area (Å²) < 4.78 is 46.0. The summed E-state index contributed by atoms with van der Waals surface area (Å²) in [5.74, 6) is 0. The van der Waals surface area contributed by atoms with Crippen LogP contribution in [0.4, 0.5) is 13.2 Å². The lowest BCUT2D eigenvalue weighted by molar-refractivity contribution is -0.137. The Bertz CT molecular complexity index is 828. The van der Waals surface area contributed by atoms with Crippen LogP contribution < -0.4 is 5.69 Å². The largest absolute Gasteiger partial charge is 0.416 e. The zero-order valence-corrected chi connectivity index (χ0v) is 14.4. The number of aromatic amines is 1. The lowest BCUT2D eigenvalue weighted by Crippen LogP contribution is -2.45. The second-order valence-electron chi connectivity index (χ2n) is 7.14. The van der Waals surface area contributed by atoms with Gasteiger partial charge < -0.3 is 14.6 Å². The highest BCUT2D eigenvalue weighted by Crippen LogP contribution is 2.33. The first-order valence-corrected chi connectivity index (χ1v) is 9.07. The quantitative estimate of drug-likeness (QED) is 0.885. The number of halogens is 3. The SMILES string of the molecule is O=c1[nH]c2ccc(C(F)(F)F)cc2n1C1CCN(C2CCOCC2)CC1. The van der Waals surface area contributed by atoms with E-state index in [1.54, 1.807) is 0 Å². The maximum Gasteiger partial charge on any atom is 0.416 e. The van der Waals surface area contributed by atoms with Crippen molar-refractivity contribution in [2.45, 2.75) is 43.9 Å². The Balaban J connectivity index is 1.57. The maximum absolute atomic E-state index is 13.0. The zero-order chi connectivity index (χ0) is 18.3. The van der Waals surface area contributed by atoms with Gasteiger partial charge in [-0.05, 0) is 43.9 Å². The predicted molar refractivity (Wildman–Crippen MR) is 91.2 cm³/mol. The van der Waals surface area contributed by atoms with Gasteiger partial charge in [-0.3, -0.25) is 4.57 Å². The lowest BCUT2D eigenvalue weighted by atomic mass is 9.99. The Labute approximate surface area is 148 Å². The molecule has 0 saturated carbocycles. The Morgan fingerprint density at radius 3 is 2.38 bits per heavy atom. The monoisotopic (exact) mass is 369 g/mol. The highest BCUT2D eigenvalue weighted by Gasteiger charge is 2.32. The van der Waals surface area contributed by atoms with Gasteiger partial charge in [-0.25, -0.2) is 4.79 Å². The summed E-state index contributed by atoms with van der Waals surface area (Å²) in [5, 5.41) is 0. The van der Waals surface area contributed by atoms with Gasteiger partial charge in [0.25, 0.3) is 0 Å². The van der Waals surface area contributed by atoms with E-state index in [-0.39, 0.29) is 11.7 Å². The van der Waals surface area contributed by atoms with E-state index in [9.17, 15) is 18.0 Å². The first kappa shape index (κ1) is 17.6. The van der Waals surface area contributed by atoms with Gasteiger partial charge in [0.2, 0.25) is 0 Å². The van der Waals surface area contributed by atoms with Crippen molar-refractivity contribution in [2.24, 2.45) is 0 Å². The molecule has 2 aliphatic heterocycles. The van der Waals surface area contributed by atoms with Crippen LogP contribution in [0, 0.1) is 0 Å². The van der Waals surface area contributed by atoms with E-state index in [4.69, 9.17) is 4.74 Å². The van der Waals surface area contributed by atoms with Crippen LogP contribution in [0.3, 0.4) is 0 Å². The highest BCUT2D eigenvalue weighted by molar-refractivity contribution is 5.76. The van der Waals surface area contributed by atoms with Crippen molar-refractivity contribution in [3.8, 4) is 0 Å². The molecular weight excluding hydrogens is 347 g/mol. The summed E-state index contributed by atoms with van der Waals surface area (Å²) >= 11 is 0. The number of nitrogens with zero attached hydrogens (tertiary/aromatic N) is 2. The van der Waals surface area contributed by atoms with Crippen molar-refractivity contribution < 1.29 is 17.9 Å². The third-order valence-electron chi connectivity index (χ3n) is 5.62. The number of hydrogen-bond donors (Lipinski definition) is 1. The van der Waals surface area contributed by atoms with Gasteiger partial charge in [-0.1, -0.05) is 0 Å². The van der Waals surface area contributed by atoms with E-state index in [1.807, 2.05) is 0 Å². The molecule has 3 heterocycles. The number of aromatic nitrogens is 2. The van der Waals surface area contributed by atoms with E-state index < -0.39 is 11.7 Å². The maximum atomic E-state index is 13.0. The number of fused-ring (bicyclic) bond motifs is 1. The van der Waals surface area contributed by atoms with E-state index in [0.29, 0.717) is 17.1 Å². The summed E-state index contributed by atoms with van der Waals surface area (Å²) in [6.45, 7) is 3.28. The molecule has 2 fully saturated rings. The second kappa shape index (κ2) is 6.74. The number of rotatable bonds is 2. The molecule has 5 nitrogen and oxygen atoms in total. The van der Waals surface area contributed by atoms with Crippen molar-refractivity contribution in [1.29, 1.82) is 0 Å². The minimum absolute atomic E-state index is 0.0733. The summed E-state index contributed by atoms with van der Waals surface area (Å²) in [6.07, 6.45) is -0.848. The average molecular weight is 369 g/mol. The van der Waals surface area contributed by atoms with Crippen LogP contribution in [0.5, 0.6) is 0 Å². The molecule has 142 valence electrons. The Morgan fingerprint density at radius 2 is 1.73 bits per heavy atom. The third kappa shape index (κ3) is 3.27. The topological polar surface area (TPSA) is 50.3 Å². The standard InChI is InChI=1S/C18H22F3N3O2/c19-18(20,21)12-1-2-15-16(11-12)24(17(25)22-15)14-3-7-23(8-4-14)13-5-9-26-10-6-13/h1-2,11,13-14H,3-10H2,(H,22,25). The molecule has 0 radical (unpaired) electrons. The van der Waals surface area contributed by atoms with Crippen molar-refractivity contribution in [1.82, 2.24) is 14.5 Å². The number of hydrogen-bond acceptors (Lipinski definition) is 3. The van der Waals surface area contributed by atoms with Crippen LogP contribution in [0.2, 0.25) is 0 Å². The first-order chi connectivity index (χ1) is 12.4. The number of piperidine rings is 1. The molecular formula is C18H22F3N3O2. The molecule has 0 unspecified atom stereocenters. The van der Waals surface area contributed by atoms with Crippen LogP contribution in [0.25, 0.3) is 11.0 Å². The van der Waals surface area contributed by atoms with E-state index >= 15 is 0 Å². The van der Waals surface area contributed by atoms with Crippen molar-refractivity contribution in [3.05, 3.63) is 34.2 Å². The van der Waals surface area contributed by atoms with E-state index in [1.165, 1.54) is 10.6 Å². The normalized spacial score (nSPS) is 21.5. The number of benzene rings is 1. The molecule has 1 aromatic heterocycles. The summed E-state index contributed by atoms with van der Waals surface area (Å²) in [7, 11) is 0. The van der Waals surface area contributed by atoms with Gasteiger partial charge >= 0.3 is 11.9 Å². The van der Waals surface area contributed by atoms with Gasteiger partial charge in [0.15, 0.2) is 0 Å². The minimum atomic E-state index is -4.42. The zero-order valence-electron chi connectivity index (χ0n) is 14.4. The Hall–Kier alpha value is -1.80. The minimum Gasteiger partial charge on any atom is -0.381 e. The summed E-state index contributed by atoms with van der Waals surface area (Å²) in [5.41, 5.74) is -0.259. The summed E-state index contributed by atoms with van der Waals surface area (Å²) in [6, 6.07) is 3.87. The predicted octanol–water partition coefficient (Wildman–Crippen LogP) is 3.16. The molecule has 8 heteroatoms. The fraction of sp³-hybridized carbons (Fsp3) is 0.611. The van der Waals surface area contributed by atoms with Gasteiger partial charge in [-0.15, -0.1) is 0 Å². The molecule has 1 N–H and O–H groups in total. The molecule has 2 aromatic rings. The highest BCUT2D eigenvalue weighted by atomic mass is 19.4. The second-order valence-corrected chi connectivity index (χ2v) is 7.14. The number of H-pyrrole nitrogens is 1. The number of nitrogens with one attached hydrogen (secondary N) is 1. The number of imidazole rings is 1. The Morgan fingerprint density at radius 1 is 1.04 bits per heavy atom. The van der Waals surface area contributed by atoms with Crippen LogP contribution in [-0.2, 0) is 10.9 Å². The van der Waals surface area contributed by atoms with Gasteiger partial charge in [0.1, 0.15) is 0 Å². The molecule has 26 heavy (non-hydrogen) atoms. The summed E-state index contributed by atoms with van der Waals surface area (Å²) in [4.78, 5) is 17.5. The van der Waals surface area contributed by atoms with Crippen molar-refractivity contribution in [3.63, 3.8) is 0 Å². The van der Waals surface area contributed by atoms with Gasteiger partial charge in [0.05, 0.1) is 16.6 Å². The molecule has 0 bridgehead atoms. The molecule has 2 saturated heterocycles. The van der Waals surface area contributed by atoms with Gasteiger partial charge in [-0.2, -0.15) is 13.2 Å². The van der Waals surface area contributed by atoms with E-state index in [2.05, 4.69) is 9.88 Å². The first-order valence-electron chi connectivity index (χ1n) is 9.07. The van der Waals surface area contributed by atoms with Crippen LogP contribution in [0.1, 0.15) is 37.3 Å². The van der Waals surface area contributed by atoms with Crippen LogP contribution in [0.15, 0.2) is 23.0 Å². The lowest BCUT2D eigenvalue weighted by Gasteiger charge is -2.39. The number of ether oxygens (including phenoxy) is 1. The third-order valence-corrected chi connectivity index (χ3v) is 5.62. The molecule has 4 rings (SSSR count). The smallest absolute Gasteiger partial charge is 0.381 e. The van der Waals surface area contributed by atoms with Gasteiger partial charge in [0, 0.05) is 38.4 Å². The number of alkyl halides is 3. The fourth-order valence-corrected chi connectivity index (χ4v) is 4.22. The van der Waals surface area contributed by atoms with E-state index in [0.717, 1.165) is 64.1 Å². The molecule has 0 spiro atoms. The molecule has 0 aliphatic carbocycles. The van der Waals surface area contributed by atoms with Crippen LogP contribution >= 0.6 is 0 Å². The molecule has 1 aromatic carbocycles.